The number of nitrogens with two attached hydrogens (primary N) is 1. The summed E-state index contributed by atoms with van der Waals surface area (Å²) in [7, 11) is 0. The van der Waals surface area contributed by atoms with Crippen LogP contribution >= 0.6 is 0 Å². The molecule has 0 saturated heterocycles. The number of hydrogen-bond donors (Lipinski definition) is 2. The molecule has 0 atom stereocenters. The van der Waals surface area contributed by atoms with Gasteiger partial charge in [0.1, 0.15) is 0 Å². The molecule has 5 nitrogen and oxygen atoms in total. The van der Waals surface area contributed by atoms with Crippen LogP contribution < -0.4 is 10.5 Å². The van der Waals surface area contributed by atoms with Crippen LogP contribution in [0.1, 0.15) is 11.3 Å². The van der Waals surface area contributed by atoms with Crippen LogP contribution in [0.25, 0.3) is 0 Å². The number of amidine groups is 1. The zero-order valence-electron chi connectivity index (χ0n) is 10.5. The molecule has 0 bridgehead atoms. The van der Waals surface area contributed by atoms with E-state index in [1.54, 1.807) is 13.0 Å². The van der Waals surface area contributed by atoms with Crippen molar-refractivity contribution in [3.05, 3.63) is 53.2 Å². The van der Waals surface area contributed by atoms with Gasteiger partial charge in [-0.05, 0) is 31.2 Å². The predicted molar refractivity (Wildman–Crippen MR) is 67.9 cm³/mol. The Morgan fingerprint density at radius 1 is 1.30 bits per heavy atom. The molecule has 0 fully saturated rings. The van der Waals surface area contributed by atoms with Gasteiger partial charge in [0.2, 0.25) is 11.7 Å². The molecule has 1 heterocycles. The van der Waals surface area contributed by atoms with Crippen LogP contribution in [-0.2, 0) is 0 Å². The predicted octanol–water partition coefficient (Wildman–Crippen LogP) is 2.56. The molecule has 2 aromatic rings. The Labute approximate surface area is 113 Å². The monoisotopic (exact) mass is 279 g/mol. The number of ether oxygens (including phenoxy) is 1. The summed E-state index contributed by atoms with van der Waals surface area (Å²) in [5.41, 5.74) is 6.22. The first kappa shape index (κ1) is 13.7. The number of aryl methyl sites for hydroxylation is 1. The summed E-state index contributed by atoms with van der Waals surface area (Å²) in [6, 6.07) is 6.63. The van der Waals surface area contributed by atoms with Gasteiger partial charge in [-0.1, -0.05) is 11.2 Å². The van der Waals surface area contributed by atoms with Gasteiger partial charge in [0.25, 0.3) is 0 Å². The minimum absolute atomic E-state index is 0.0789. The minimum Gasteiger partial charge on any atom is -0.435 e. The minimum atomic E-state index is -1.14. The van der Waals surface area contributed by atoms with Crippen LogP contribution in [0.3, 0.4) is 0 Å². The fraction of sp³-hybridized carbons (Fsp3) is 0.0769. The molecular formula is C13H11F2N3O2. The third kappa shape index (κ3) is 2.66. The Balaban J connectivity index is 2.47. The van der Waals surface area contributed by atoms with Crippen molar-refractivity contribution >= 4 is 5.84 Å². The van der Waals surface area contributed by atoms with Gasteiger partial charge in [-0.3, -0.25) is 0 Å². The maximum Gasteiger partial charge on any atom is 0.230 e. The molecule has 0 spiro atoms. The van der Waals surface area contributed by atoms with E-state index < -0.39 is 11.6 Å². The molecule has 0 aliphatic heterocycles. The third-order valence-corrected chi connectivity index (χ3v) is 2.51. The first-order chi connectivity index (χ1) is 9.52. The molecule has 104 valence electrons. The molecule has 0 aliphatic rings. The van der Waals surface area contributed by atoms with Crippen molar-refractivity contribution in [2.45, 2.75) is 6.92 Å². The number of halogens is 2. The lowest BCUT2D eigenvalue weighted by molar-refractivity contribution is 0.318. The van der Waals surface area contributed by atoms with Gasteiger partial charge >= 0.3 is 0 Å². The topological polar surface area (TPSA) is 80.7 Å². The van der Waals surface area contributed by atoms with E-state index in [1.807, 2.05) is 0 Å². The summed E-state index contributed by atoms with van der Waals surface area (Å²) >= 11 is 0. The highest BCUT2D eigenvalue weighted by atomic mass is 19.2. The van der Waals surface area contributed by atoms with Crippen LogP contribution in [0.5, 0.6) is 11.6 Å². The largest absolute Gasteiger partial charge is 0.435 e. The standard InChI is InChI=1S/C13H11F2N3O2/c1-7-5-6-8(12(16)18-19)13(17-7)20-10-4-2-3-9(14)11(10)15/h2-6,19H,1H3,(H2,16,18). The molecule has 0 aliphatic carbocycles. The highest BCUT2D eigenvalue weighted by molar-refractivity contribution is 5.99. The van der Waals surface area contributed by atoms with E-state index in [-0.39, 0.29) is 23.0 Å². The smallest absolute Gasteiger partial charge is 0.230 e. The van der Waals surface area contributed by atoms with Crippen molar-refractivity contribution < 1.29 is 18.7 Å². The normalized spacial score (nSPS) is 11.4. The van der Waals surface area contributed by atoms with Gasteiger partial charge in [-0.2, -0.15) is 4.39 Å². The Morgan fingerprint density at radius 2 is 2.05 bits per heavy atom. The van der Waals surface area contributed by atoms with Crippen molar-refractivity contribution in [1.82, 2.24) is 4.98 Å². The number of nitrogens with zero attached hydrogens (tertiary/aromatic N) is 2. The second-order valence-electron chi connectivity index (χ2n) is 3.94. The second-order valence-corrected chi connectivity index (χ2v) is 3.94. The zero-order valence-corrected chi connectivity index (χ0v) is 10.5. The van der Waals surface area contributed by atoms with E-state index in [0.29, 0.717) is 5.69 Å². The van der Waals surface area contributed by atoms with E-state index >= 15 is 0 Å². The van der Waals surface area contributed by atoms with Crippen molar-refractivity contribution in [3.8, 4) is 11.6 Å². The summed E-state index contributed by atoms with van der Waals surface area (Å²) in [5, 5.41) is 11.5. The van der Waals surface area contributed by atoms with Crippen molar-refractivity contribution in [2.24, 2.45) is 10.9 Å². The van der Waals surface area contributed by atoms with Crippen molar-refractivity contribution in [2.75, 3.05) is 0 Å². The first-order valence-electron chi connectivity index (χ1n) is 5.60. The van der Waals surface area contributed by atoms with Crippen molar-refractivity contribution in [1.29, 1.82) is 0 Å². The molecule has 3 N–H and O–H groups in total. The fourth-order valence-electron chi connectivity index (χ4n) is 1.53. The van der Waals surface area contributed by atoms with Crippen LogP contribution in [-0.4, -0.2) is 16.0 Å². The number of rotatable bonds is 3. The Kier molecular flexibility index (Phi) is 3.79. The lowest BCUT2D eigenvalue weighted by Crippen LogP contribution is -2.15. The number of hydrogen-bond acceptors (Lipinski definition) is 4. The molecule has 0 saturated carbocycles. The molecule has 0 amide bonds. The van der Waals surface area contributed by atoms with E-state index in [4.69, 9.17) is 15.7 Å². The van der Waals surface area contributed by atoms with E-state index in [9.17, 15) is 8.78 Å². The summed E-state index contributed by atoms with van der Waals surface area (Å²) in [6.45, 7) is 1.69. The van der Waals surface area contributed by atoms with Gasteiger partial charge in [0.15, 0.2) is 17.4 Å². The quantitative estimate of drug-likeness (QED) is 0.391. The van der Waals surface area contributed by atoms with E-state index in [1.165, 1.54) is 18.2 Å². The Hall–Kier alpha value is -2.70. The maximum absolute atomic E-state index is 13.6. The number of aromatic nitrogens is 1. The average molecular weight is 279 g/mol. The highest BCUT2D eigenvalue weighted by Crippen LogP contribution is 2.27. The van der Waals surface area contributed by atoms with Gasteiger partial charge < -0.3 is 15.7 Å². The summed E-state index contributed by atoms with van der Waals surface area (Å²) < 4.78 is 31.9. The summed E-state index contributed by atoms with van der Waals surface area (Å²) in [4.78, 5) is 4.02. The molecule has 2 rings (SSSR count). The van der Waals surface area contributed by atoms with Crippen LogP contribution in [0.15, 0.2) is 35.5 Å². The molecular weight excluding hydrogens is 268 g/mol. The third-order valence-electron chi connectivity index (χ3n) is 2.51. The number of pyridine rings is 1. The molecule has 1 aromatic heterocycles. The van der Waals surface area contributed by atoms with Gasteiger partial charge in [-0.25, -0.2) is 9.37 Å². The molecule has 20 heavy (non-hydrogen) atoms. The summed E-state index contributed by atoms with van der Waals surface area (Å²) in [6.07, 6.45) is 0. The Bertz CT molecular complexity index is 675. The van der Waals surface area contributed by atoms with Gasteiger partial charge in [-0.15, -0.1) is 0 Å². The number of oxime groups is 1. The fourth-order valence-corrected chi connectivity index (χ4v) is 1.53. The lowest BCUT2D eigenvalue weighted by Gasteiger charge is -2.10. The lowest BCUT2D eigenvalue weighted by atomic mass is 10.2. The zero-order chi connectivity index (χ0) is 14.7. The molecule has 0 radical (unpaired) electrons. The molecule has 7 heteroatoms. The first-order valence-corrected chi connectivity index (χ1v) is 5.60. The van der Waals surface area contributed by atoms with Crippen molar-refractivity contribution in [3.63, 3.8) is 0 Å². The van der Waals surface area contributed by atoms with Crippen LogP contribution in [0.4, 0.5) is 8.78 Å². The van der Waals surface area contributed by atoms with Crippen LogP contribution in [0, 0.1) is 18.6 Å². The van der Waals surface area contributed by atoms with E-state index in [0.717, 1.165) is 6.07 Å². The molecule has 1 aromatic carbocycles. The highest BCUT2D eigenvalue weighted by Gasteiger charge is 2.15. The Morgan fingerprint density at radius 3 is 2.75 bits per heavy atom. The average Bonchev–Trinajstić information content (AvgIpc) is 2.43. The van der Waals surface area contributed by atoms with Gasteiger partial charge in [0, 0.05) is 5.69 Å². The summed E-state index contributed by atoms with van der Waals surface area (Å²) in [5.74, 6) is -2.84. The SMILES string of the molecule is Cc1ccc(C(N)=NO)c(Oc2cccc(F)c2F)n1. The number of benzene rings is 1. The van der Waals surface area contributed by atoms with Crippen LogP contribution in [0.2, 0.25) is 0 Å². The van der Waals surface area contributed by atoms with E-state index in [2.05, 4.69) is 10.1 Å². The molecule has 0 unspecified atom stereocenters. The second kappa shape index (κ2) is 5.52. The maximum atomic E-state index is 13.6. The van der Waals surface area contributed by atoms with Gasteiger partial charge in [0.05, 0.1) is 5.56 Å².